The minimum absolute atomic E-state index is 0.0189. The van der Waals surface area contributed by atoms with Crippen LogP contribution in [0.3, 0.4) is 0 Å². The van der Waals surface area contributed by atoms with Gasteiger partial charge in [0.1, 0.15) is 23.1 Å². The van der Waals surface area contributed by atoms with Crippen molar-refractivity contribution >= 4 is 11.6 Å². The lowest BCUT2D eigenvalue weighted by Crippen LogP contribution is -2.16. The second-order valence-electron chi connectivity index (χ2n) is 6.47. The summed E-state index contributed by atoms with van der Waals surface area (Å²) in [6.45, 7) is 0.947. The van der Waals surface area contributed by atoms with Crippen LogP contribution in [0.2, 0.25) is 0 Å². The minimum Gasteiger partial charge on any atom is -0.457 e. The molecular formula is C24H22N4O2. The molecule has 0 atom stereocenters. The van der Waals surface area contributed by atoms with E-state index in [1.54, 1.807) is 24.3 Å². The van der Waals surface area contributed by atoms with Crippen LogP contribution in [0, 0.1) is 11.3 Å². The van der Waals surface area contributed by atoms with Gasteiger partial charge in [-0.1, -0.05) is 42.5 Å². The predicted octanol–water partition coefficient (Wildman–Crippen LogP) is 4.07. The first-order valence-corrected chi connectivity index (χ1v) is 9.44. The Labute approximate surface area is 175 Å². The van der Waals surface area contributed by atoms with Gasteiger partial charge in [0.05, 0.1) is 0 Å². The third-order valence-electron chi connectivity index (χ3n) is 4.24. The molecule has 0 aliphatic heterocycles. The number of benzene rings is 3. The summed E-state index contributed by atoms with van der Waals surface area (Å²) < 4.78 is 5.72. The molecule has 30 heavy (non-hydrogen) atoms. The molecule has 3 aromatic carbocycles. The Hall–Kier alpha value is -4.08. The van der Waals surface area contributed by atoms with Crippen molar-refractivity contribution in [2.24, 2.45) is 5.73 Å². The van der Waals surface area contributed by atoms with Crippen molar-refractivity contribution in [2.75, 3.05) is 5.32 Å². The van der Waals surface area contributed by atoms with E-state index in [2.05, 4.69) is 10.6 Å². The van der Waals surface area contributed by atoms with Crippen LogP contribution in [0.25, 0.3) is 0 Å². The fourth-order valence-electron chi connectivity index (χ4n) is 2.72. The zero-order chi connectivity index (χ0) is 21.2. The largest absolute Gasteiger partial charge is 0.457 e. The topological polar surface area (TPSA) is 100 Å². The third-order valence-corrected chi connectivity index (χ3v) is 4.24. The summed E-state index contributed by atoms with van der Waals surface area (Å²) in [5, 5.41) is 15.0. The van der Waals surface area contributed by atoms with E-state index in [1.807, 2.05) is 60.7 Å². The Morgan fingerprint density at radius 2 is 1.67 bits per heavy atom. The highest BCUT2D eigenvalue weighted by Crippen LogP contribution is 2.22. The molecular weight excluding hydrogens is 376 g/mol. The highest BCUT2D eigenvalue weighted by atomic mass is 16.5. The maximum Gasteiger partial charge on any atom is 0.267 e. The van der Waals surface area contributed by atoms with Gasteiger partial charge in [-0.05, 0) is 47.5 Å². The molecule has 1 amide bonds. The van der Waals surface area contributed by atoms with Crippen LogP contribution in [-0.2, 0) is 17.9 Å². The average molecular weight is 398 g/mol. The fourth-order valence-corrected chi connectivity index (χ4v) is 2.72. The molecule has 0 fully saturated rings. The van der Waals surface area contributed by atoms with Gasteiger partial charge in [-0.3, -0.25) is 4.79 Å². The van der Waals surface area contributed by atoms with Crippen LogP contribution in [-0.4, -0.2) is 5.91 Å². The molecule has 0 saturated carbocycles. The molecule has 0 aromatic heterocycles. The van der Waals surface area contributed by atoms with E-state index < -0.39 is 5.91 Å². The molecule has 0 aliphatic rings. The number of para-hydroxylation sites is 1. The molecule has 3 rings (SSSR count). The molecule has 0 aliphatic carbocycles. The number of ether oxygens (including phenoxy) is 1. The highest BCUT2D eigenvalue weighted by Gasteiger charge is 2.09. The summed E-state index contributed by atoms with van der Waals surface area (Å²) in [5.74, 6) is 0.890. The molecule has 6 nitrogen and oxygen atoms in total. The molecule has 0 spiro atoms. The van der Waals surface area contributed by atoms with E-state index in [1.165, 1.54) is 6.20 Å². The molecule has 150 valence electrons. The number of anilines is 1. The quantitative estimate of drug-likeness (QED) is 0.392. The molecule has 6 heteroatoms. The van der Waals surface area contributed by atoms with E-state index in [0.29, 0.717) is 24.5 Å². The first-order chi connectivity index (χ1) is 14.7. The molecule has 3 aromatic rings. The van der Waals surface area contributed by atoms with E-state index in [-0.39, 0.29) is 5.57 Å². The summed E-state index contributed by atoms with van der Waals surface area (Å²) in [5.41, 5.74) is 8.23. The number of hydrogen-bond acceptors (Lipinski definition) is 5. The Balaban J connectivity index is 1.56. The van der Waals surface area contributed by atoms with Gasteiger partial charge in [-0.25, -0.2) is 0 Å². The van der Waals surface area contributed by atoms with Crippen molar-refractivity contribution in [1.82, 2.24) is 5.32 Å². The van der Waals surface area contributed by atoms with E-state index in [0.717, 1.165) is 16.9 Å². The maximum absolute atomic E-state index is 12.4. The Kier molecular flexibility index (Phi) is 7.20. The van der Waals surface area contributed by atoms with Crippen molar-refractivity contribution in [2.45, 2.75) is 13.1 Å². The summed E-state index contributed by atoms with van der Waals surface area (Å²) in [4.78, 5) is 12.4. The van der Waals surface area contributed by atoms with Gasteiger partial charge in [0.25, 0.3) is 5.91 Å². The Morgan fingerprint density at radius 3 is 2.37 bits per heavy atom. The zero-order valence-electron chi connectivity index (χ0n) is 16.3. The van der Waals surface area contributed by atoms with Crippen LogP contribution >= 0.6 is 0 Å². The number of nitrogens with zero attached hydrogens (tertiary/aromatic N) is 1. The van der Waals surface area contributed by atoms with Crippen molar-refractivity contribution < 1.29 is 9.53 Å². The van der Waals surface area contributed by atoms with Gasteiger partial charge in [0.15, 0.2) is 0 Å². The lowest BCUT2D eigenvalue weighted by atomic mass is 10.1. The van der Waals surface area contributed by atoms with E-state index >= 15 is 0 Å². The normalized spacial score (nSPS) is 10.7. The third kappa shape index (κ3) is 5.96. The molecule has 0 radical (unpaired) electrons. The number of nitriles is 1. The first kappa shape index (κ1) is 20.6. The number of carbonyl (C=O) groups is 1. The van der Waals surface area contributed by atoms with Gasteiger partial charge >= 0.3 is 0 Å². The predicted molar refractivity (Wildman–Crippen MR) is 116 cm³/mol. The van der Waals surface area contributed by atoms with E-state index in [4.69, 9.17) is 10.5 Å². The monoisotopic (exact) mass is 398 g/mol. The van der Waals surface area contributed by atoms with Crippen molar-refractivity contribution in [3.8, 4) is 17.6 Å². The fraction of sp³-hybridized carbons (Fsp3) is 0.0833. The number of amides is 1. The van der Waals surface area contributed by atoms with Crippen LogP contribution in [0.5, 0.6) is 11.5 Å². The lowest BCUT2D eigenvalue weighted by molar-refractivity contribution is -0.112. The van der Waals surface area contributed by atoms with Gasteiger partial charge < -0.3 is 21.1 Å². The zero-order valence-corrected chi connectivity index (χ0v) is 16.3. The number of nitrogens with two attached hydrogens (primary N) is 1. The van der Waals surface area contributed by atoms with Gasteiger partial charge in [-0.15, -0.1) is 0 Å². The SMILES string of the molecule is N#C/C(=C/NCc1cccc(CN)c1)C(=O)Nc1ccc(Oc2ccccc2)cc1. The van der Waals surface area contributed by atoms with Gasteiger partial charge in [0.2, 0.25) is 0 Å². The molecule has 0 heterocycles. The number of carbonyl (C=O) groups excluding carboxylic acids is 1. The molecule has 0 bridgehead atoms. The van der Waals surface area contributed by atoms with Crippen LogP contribution < -0.4 is 21.1 Å². The van der Waals surface area contributed by atoms with Crippen LogP contribution in [0.15, 0.2) is 90.6 Å². The average Bonchev–Trinajstić information content (AvgIpc) is 2.79. The van der Waals surface area contributed by atoms with Crippen molar-refractivity contribution in [3.05, 3.63) is 102 Å². The van der Waals surface area contributed by atoms with Crippen molar-refractivity contribution in [3.63, 3.8) is 0 Å². The number of nitrogens with one attached hydrogen (secondary N) is 2. The standard InChI is InChI=1S/C24H22N4O2/c25-14-18-5-4-6-19(13-18)16-27-17-20(15-26)24(29)28-21-9-11-23(12-10-21)30-22-7-2-1-3-8-22/h1-13,17,27H,14,16,25H2,(H,28,29)/b20-17-. The Morgan fingerprint density at radius 1 is 0.967 bits per heavy atom. The van der Waals surface area contributed by atoms with Gasteiger partial charge in [0, 0.05) is 25.0 Å². The lowest BCUT2D eigenvalue weighted by Gasteiger charge is -2.08. The van der Waals surface area contributed by atoms with Gasteiger partial charge in [-0.2, -0.15) is 5.26 Å². The first-order valence-electron chi connectivity index (χ1n) is 9.44. The number of hydrogen-bond donors (Lipinski definition) is 3. The minimum atomic E-state index is -0.488. The summed E-state index contributed by atoms with van der Waals surface area (Å²) in [6, 6.07) is 26.1. The second-order valence-corrected chi connectivity index (χ2v) is 6.47. The molecule has 0 saturated heterocycles. The van der Waals surface area contributed by atoms with Crippen molar-refractivity contribution in [1.29, 1.82) is 5.26 Å². The molecule has 4 N–H and O–H groups in total. The Bertz CT molecular complexity index is 1050. The second kappa shape index (κ2) is 10.5. The summed E-state index contributed by atoms with van der Waals surface area (Å²) >= 11 is 0. The van der Waals surface area contributed by atoms with Crippen LogP contribution in [0.4, 0.5) is 5.69 Å². The summed E-state index contributed by atoms with van der Waals surface area (Å²) in [7, 11) is 0. The van der Waals surface area contributed by atoms with Crippen LogP contribution in [0.1, 0.15) is 11.1 Å². The smallest absolute Gasteiger partial charge is 0.267 e. The van der Waals surface area contributed by atoms with E-state index in [9.17, 15) is 10.1 Å². The molecule has 0 unspecified atom stereocenters. The maximum atomic E-state index is 12.4. The summed E-state index contributed by atoms with van der Waals surface area (Å²) in [6.07, 6.45) is 1.41. The highest BCUT2D eigenvalue weighted by molar-refractivity contribution is 6.06. The number of rotatable bonds is 8.